The molecule has 410 valence electrons. The molecule has 0 aliphatic carbocycles. The van der Waals surface area contributed by atoms with E-state index in [0.717, 1.165) is 118 Å². The van der Waals surface area contributed by atoms with Crippen molar-refractivity contribution in [3.05, 3.63) is 309 Å². The van der Waals surface area contributed by atoms with Crippen LogP contribution in [0.15, 0.2) is 309 Å². The summed E-state index contributed by atoms with van der Waals surface area (Å²) in [5.74, 6) is 2.26. The van der Waals surface area contributed by atoms with Gasteiger partial charge in [-0.2, -0.15) is 0 Å². The van der Waals surface area contributed by atoms with Gasteiger partial charge in [-0.15, -0.1) is 0 Å². The minimum Gasteiger partial charge on any atom is -0.311 e. The van der Waals surface area contributed by atoms with E-state index in [0.29, 0.717) is 23.3 Å². The Labute approximate surface area is 509 Å². The van der Waals surface area contributed by atoms with Crippen molar-refractivity contribution in [3.8, 4) is 84.9 Å². The molecule has 2 aliphatic heterocycles. The lowest BCUT2D eigenvalue weighted by Crippen LogP contribution is -2.61. The second-order valence-corrected chi connectivity index (χ2v) is 22.4. The third kappa shape index (κ3) is 8.58. The van der Waals surface area contributed by atoms with E-state index >= 15 is 0 Å². The Morgan fingerprint density at radius 2 is 0.682 bits per heavy atom. The first-order valence-corrected chi connectivity index (χ1v) is 29.8. The molecule has 15 aromatic rings. The first-order chi connectivity index (χ1) is 43.6. The van der Waals surface area contributed by atoms with E-state index in [4.69, 9.17) is 24.9 Å². The maximum atomic E-state index is 5.62. The molecular formula is C79H51BN8. The van der Waals surface area contributed by atoms with Gasteiger partial charge in [-0.1, -0.05) is 224 Å². The maximum absolute atomic E-state index is 5.62. The normalized spacial score (nSPS) is 12.2. The van der Waals surface area contributed by atoms with Crippen LogP contribution in [0.4, 0.5) is 34.1 Å². The molecule has 0 N–H and O–H groups in total. The molecular weight excluding hydrogens is 1070 g/mol. The molecule has 0 spiro atoms. The van der Waals surface area contributed by atoms with Gasteiger partial charge in [-0.25, -0.2) is 24.9 Å². The zero-order valence-corrected chi connectivity index (χ0v) is 47.6. The van der Waals surface area contributed by atoms with E-state index in [-0.39, 0.29) is 6.71 Å². The second-order valence-electron chi connectivity index (χ2n) is 22.4. The van der Waals surface area contributed by atoms with Gasteiger partial charge < -0.3 is 14.4 Å². The summed E-state index contributed by atoms with van der Waals surface area (Å²) in [5.41, 5.74) is 22.7. The van der Waals surface area contributed by atoms with E-state index in [1.807, 2.05) is 54.6 Å². The first-order valence-electron chi connectivity index (χ1n) is 29.8. The van der Waals surface area contributed by atoms with Gasteiger partial charge >= 0.3 is 0 Å². The van der Waals surface area contributed by atoms with Crippen LogP contribution in [0, 0.1) is 0 Å². The van der Waals surface area contributed by atoms with Gasteiger partial charge in [0, 0.05) is 78.3 Å². The highest BCUT2D eigenvalue weighted by Gasteiger charge is 2.43. The molecule has 8 nitrogen and oxygen atoms in total. The highest BCUT2D eigenvalue weighted by molar-refractivity contribution is 7.00. The smallest absolute Gasteiger partial charge is 0.252 e. The lowest BCUT2D eigenvalue weighted by atomic mass is 9.33. The Hall–Kier alpha value is -11.8. The van der Waals surface area contributed by atoms with Crippen molar-refractivity contribution >= 4 is 79.0 Å². The highest BCUT2D eigenvalue weighted by atomic mass is 15.2. The fourth-order valence-electron chi connectivity index (χ4n) is 13.3. The van der Waals surface area contributed by atoms with Gasteiger partial charge in [0.25, 0.3) is 6.71 Å². The van der Waals surface area contributed by atoms with Crippen LogP contribution in [0.3, 0.4) is 0 Å². The van der Waals surface area contributed by atoms with Crippen LogP contribution in [0.1, 0.15) is 0 Å². The summed E-state index contributed by atoms with van der Waals surface area (Å²) < 4.78 is 2.35. The number of hydrogen-bond acceptors (Lipinski definition) is 7. The van der Waals surface area contributed by atoms with Gasteiger partial charge in [-0.3, -0.25) is 0 Å². The number of aromatic nitrogens is 6. The number of benzene rings is 12. The second kappa shape index (κ2) is 21.1. The van der Waals surface area contributed by atoms with Crippen molar-refractivity contribution in [3.63, 3.8) is 0 Å². The molecule has 0 radical (unpaired) electrons. The van der Waals surface area contributed by atoms with Gasteiger partial charge in [0.2, 0.25) is 0 Å². The number of para-hydroxylation sites is 6. The monoisotopic (exact) mass is 1120 g/mol. The quantitative estimate of drug-likeness (QED) is 0.126. The van der Waals surface area contributed by atoms with Crippen LogP contribution < -0.4 is 26.2 Å². The molecule has 0 saturated heterocycles. The van der Waals surface area contributed by atoms with Crippen LogP contribution >= 0.6 is 0 Å². The molecule has 0 saturated carbocycles. The molecule has 3 aromatic heterocycles. The molecule has 0 unspecified atom stereocenters. The summed E-state index contributed by atoms with van der Waals surface area (Å²) in [6, 6.07) is 110. The van der Waals surface area contributed by atoms with E-state index in [1.165, 1.54) is 16.4 Å². The zero-order valence-electron chi connectivity index (χ0n) is 47.6. The Morgan fingerprint density at radius 3 is 1.25 bits per heavy atom. The standard InChI is InChI=1S/C79H51BN8/c1-6-25-52(26-7-1)66-51-67(82-76(81-66)53-27-8-2-9-28-53)56-45-46-70(88-68-41-20-16-37-61(68)62-38-17-21-42-69(62)88)63(48-56)79-84-77(54-29-10-3-11-30-54)83-78(85-79)57-32-24-31-55(47-57)58-49-73-75-74(50-58)87(60-35-14-5-15-36-60)72-44-23-19-40-65(72)80(75)64-39-18-22-43-71(64)86(73)59-33-12-4-13-34-59/h1-51H. The van der Waals surface area contributed by atoms with Crippen LogP contribution in [-0.2, 0) is 0 Å². The molecule has 0 amide bonds. The van der Waals surface area contributed by atoms with Gasteiger partial charge in [0.1, 0.15) is 0 Å². The number of fused-ring (bicyclic) bond motifs is 7. The van der Waals surface area contributed by atoms with Gasteiger partial charge in [0.05, 0.1) is 28.1 Å². The van der Waals surface area contributed by atoms with E-state index in [9.17, 15) is 0 Å². The number of nitrogens with zero attached hydrogens (tertiary/aromatic N) is 8. The fraction of sp³-hybridized carbons (Fsp3) is 0. The summed E-state index contributed by atoms with van der Waals surface area (Å²) >= 11 is 0. The van der Waals surface area contributed by atoms with Crippen molar-refractivity contribution in [1.82, 2.24) is 29.5 Å². The first kappa shape index (κ1) is 50.7. The fourth-order valence-corrected chi connectivity index (χ4v) is 13.3. The third-order valence-corrected chi connectivity index (χ3v) is 17.2. The lowest BCUT2D eigenvalue weighted by molar-refractivity contribution is 1.06. The van der Waals surface area contributed by atoms with Crippen molar-refractivity contribution in [1.29, 1.82) is 0 Å². The Bertz CT molecular complexity index is 4950. The summed E-state index contributed by atoms with van der Waals surface area (Å²) in [6.45, 7) is -0.00478. The molecule has 12 aromatic carbocycles. The molecule has 2 aliphatic rings. The minimum atomic E-state index is -0.00478. The van der Waals surface area contributed by atoms with E-state index in [1.54, 1.807) is 0 Å². The van der Waals surface area contributed by atoms with Gasteiger partial charge in [0.15, 0.2) is 23.3 Å². The van der Waals surface area contributed by atoms with Crippen LogP contribution in [0.5, 0.6) is 0 Å². The molecule has 0 atom stereocenters. The molecule has 0 bridgehead atoms. The predicted molar refractivity (Wildman–Crippen MR) is 362 cm³/mol. The Balaban J connectivity index is 0.890. The van der Waals surface area contributed by atoms with Crippen LogP contribution in [-0.4, -0.2) is 36.2 Å². The average molecular weight is 1120 g/mol. The summed E-state index contributed by atoms with van der Waals surface area (Å²) in [4.78, 5) is 31.9. The zero-order chi connectivity index (χ0) is 58.1. The topological polar surface area (TPSA) is 75.9 Å². The van der Waals surface area contributed by atoms with E-state index < -0.39 is 0 Å². The van der Waals surface area contributed by atoms with Gasteiger partial charge in [-0.05, 0) is 112 Å². The molecule has 88 heavy (non-hydrogen) atoms. The summed E-state index contributed by atoms with van der Waals surface area (Å²) in [7, 11) is 0. The number of hydrogen-bond donors (Lipinski definition) is 0. The van der Waals surface area contributed by atoms with Crippen molar-refractivity contribution in [2.45, 2.75) is 0 Å². The molecule has 5 heterocycles. The van der Waals surface area contributed by atoms with Crippen LogP contribution in [0.2, 0.25) is 0 Å². The highest BCUT2D eigenvalue weighted by Crippen LogP contribution is 2.47. The largest absolute Gasteiger partial charge is 0.311 e. The van der Waals surface area contributed by atoms with E-state index in [2.05, 4.69) is 269 Å². The predicted octanol–water partition coefficient (Wildman–Crippen LogP) is 17.5. The molecule has 0 fully saturated rings. The Kier molecular flexibility index (Phi) is 12.1. The summed E-state index contributed by atoms with van der Waals surface area (Å²) in [5, 5.41) is 2.31. The molecule has 9 heteroatoms. The Morgan fingerprint density at radius 1 is 0.250 bits per heavy atom. The lowest BCUT2D eigenvalue weighted by Gasteiger charge is -2.44. The van der Waals surface area contributed by atoms with Crippen molar-refractivity contribution in [2.75, 3.05) is 9.80 Å². The SMILES string of the molecule is c1ccc(-c2cc(-c3ccc(-n4c5ccccc5c5ccccc54)c(-c4nc(-c5ccccc5)nc(-c5cccc(-c6cc7c8c(c6)N(c6ccccc6)c6ccccc6B8c6ccccc6N7c6ccccc6)c5)n4)c3)nc(-c3ccccc3)n2)cc1. The third-order valence-electron chi connectivity index (χ3n) is 17.2. The minimum absolute atomic E-state index is 0.00478. The molecule has 17 rings (SSSR count). The van der Waals surface area contributed by atoms with Crippen molar-refractivity contribution in [2.24, 2.45) is 0 Å². The maximum Gasteiger partial charge on any atom is 0.252 e. The average Bonchev–Trinajstić information content (AvgIpc) is 1.05. The van der Waals surface area contributed by atoms with Crippen molar-refractivity contribution < 1.29 is 0 Å². The summed E-state index contributed by atoms with van der Waals surface area (Å²) in [6.07, 6.45) is 0. The van der Waals surface area contributed by atoms with Crippen LogP contribution in [0.25, 0.3) is 107 Å². The number of rotatable bonds is 10. The number of anilines is 6.